The Bertz CT molecular complexity index is 557. The van der Waals surface area contributed by atoms with Gasteiger partial charge in [0.15, 0.2) is 11.6 Å². The molecule has 0 fully saturated rings. The minimum Gasteiger partial charge on any atom is -0.301 e. The number of allylic oxidation sites excluding steroid dienone is 1. The molecule has 3 nitrogen and oxygen atoms in total. The Morgan fingerprint density at radius 2 is 1.83 bits per heavy atom. The molecule has 0 aromatic heterocycles. The van der Waals surface area contributed by atoms with E-state index in [4.69, 9.17) is 11.6 Å². The molecule has 94 valence electrons. The van der Waals surface area contributed by atoms with Crippen molar-refractivity contribution >= 4 is 29.0 Å². The maximum atomic E-state index is 13.1. The monoisotopic (exact) mass is 271 g/mol. The number of alkyl halides is 1. The number of rotatable bonds is 3. The molecular formula is C12H8ClF2NO2. The second kappa shape index (κ2) is 4.86. The summed E-state index contributed by atoms with van der Waals surface area (Å²) in [5.74, 6) is -3.60. The molecule has 1 aromatic carbocycles. The van der Waals surface area contributed by atoms with Gasteiger partial charge in [-0.15, -0.1) is 11.6 Å². The fourth-order valence-electron chi connectivity index (χ4n) is 1.71. The number of nitrogens with zero attached hydrogens (tertiary/aromatic N) is 1. The number of ketones is 1. The van der Waals surface area contributed by atoms with Gasteiger partial charge < -0.3 is 4.90 Å². The number of fused-ring (bicyclic) bond motifs is 1. The molecule has 0 saturated carbocycles. The predicted octanol–water partition coefficient (Wildman–Crippen LogP) is 2.29. The molecule has 0 unspecified atom stereocenters. The summed E-state index contributed by atoms with van der Waals surface area (Å²) >= 11 is 5.43. The van der Waals surface area contributed by atoms with E-state index >= 15 is 0 Å². The molecule has 1 aromatic rings. The number of hydrogen-bond acceptors (Lipinski definition) is 2. The highest BCUT2D eigenvalue weighted by Gasteiger charge is 2.36. The lowest BCUT2D eigenvalue weighted by Crippen LogP contribution is -2.29. The van der Waals surface area contributed by atoms with Gasteiger partial charge in [0.2, 0.25) is 0 Å². The van der Waals surface area contributed by atoms with Crippen molar-refractivity contribution in [3.8, 4) is 0 Å². The molecule has 6 heteroatoms. The van der Waals surface area contributed by atoms with Crippen molar-refractivity contribution in [1.29, 1.82) is 0 Å². The number of halogens is 3. The summed E-state index contributed by atoms with van der Waals surface area (Å²) in [6.07, 6.45) is 3.17. The van der Waals surface area contributed by atoms with E-state index in [1.165, 1.54) is 0 Å². The standard InChI is InChI=1S/C12H8ClF2NO2/c13-3-1-2-4-16-10-6-9(15)8(14)5-7(10)11(17)12(16)18/h1-2,5-6H,3-4H2/b2-1+. The molecule has 1 aliphatic rings. The highest BCUT2D eigenvalue weighted by molar-refractivity contribution is 6.52. The first-order valence-corrected chi connectivity index (χ1v) is 5.66. The summed E-state index contributed by atoms with van der Waals surface area (Å²) in [4.78, 5) is 24.3. The topological polar surface area (TPSA) is 37.4 Å². The lowest BCUT2D eigenvalue weighted by molar-refractivity contribution is -0.114. The Kier molecular flexibility index (Phi) is 3.43. The molecule has 1 amide bonds. The van der Waals surface area contributed by atoms with Crippen molar-refractivity contribution in [3.05, 3.63) is 41.5 Å². The van der Waals surface area contributed by atoms with Crippen LogP contribution in [-0.2, 0) is 4.79 Å². The average molecular weight is 272 g/mol. The minimum atomic E-state index is -1.15. The maximum absolute atomic E-state index is 13.1. The molecule has 0 radical (unpaired) electrons. The minimum absolute atomic E-state index is 0.0862. The van der Waals surface area contributed by atoms with Gasteiger partial charge in [-0.3, -0.25) is 9.59 Å². The van der Waals surface area contributed by atoms with Gasteiger partial charge >= 0.3 is 0 Å². The fourth-order valence-corrected chi connectivity index (χ4v) is 1.84. The molecule has 0 atom stereocenters. The molecule has 0 aliphatic carbocycles. The van der Waals surface area contributed by atoms with E-state index in [2.05, 4.69) is 0 Å². The van der Waals surface area contributed by atoms with E-state index in [-0.39, 0.29) is 23.7 Å². The molecule has 1 heterocycles. The van der Waals surface area contributed by atoms with Gasteiger partial charge in [-0.1, -0.05) is 12.2 Å². The third kappa shape index (κ3) is 2.01. The maximum Gasteiger partial charge on any atom is 0.299 e. The summed E-state index contributed by atoms with van der Waals surface area (Å²) in [7, 11) is 0. The van der Waals surface area contributed by atoms with Gasteiger partial charge in [0.05, 0.1) is 11.3 Å². The van der Waals surface area contributed by atoms with E-state index < -0.39 is 23.3 Å². The zero-order valence-electron chi connectivity index (χ0n) is 9.12. The van der Waals surface area contributed by atoms with Crippen molar-refractivity contribution in [3.63, 3.8) is 0 Å². The van der Waals surface area contributed by atoms with Crippen molar-refractivity contribution in [2.75, 3.05) is 17.3 Å². The summed E-state index contributed by atoms with van der Waals surface area (Å²) in [5.41, 5.74) is -0.0266. The van der Waals surface area contributed by atoms with Crippen molar-refractivity contribution in [2.24, 2.45) is 0 Å². The number of Topliss-reactive ketones (excluding diaryl/α,β-unsaturated/α-hetero) is 1. The molecule has 0 N–H and O–H groups in total. The van der Waals surface area contributed by atoms with E-state index in [0.29, 0.717) is 0 Å². The van der Waals surface area contributed by atoms with Crippen LogP contribution in [0, 0.1) is 11.6 Å². The second-order valence-electron chi connectivity index (χ2n) is 3.65. The van der Waals surface area contributed by atoms with Crippen LogP contribution in [0.4, 0.5) is 14.5 Å². The summed E-state index contributed by atoms with van der Waals surface area (Å²) in [6, 6.07) is 1.60. The second-order valence-corrected chi connectivity index (χ2v) is 3.96. The van der Waals surface area contributed by atoms with Crippen LogP contribution < -0.4 is 4.90 Å². The highest BCUT2D eigenvalue weighted by Crippen LogP contribution is 2.30. The Labute approximate surface area is 107 Å². The Hall–Kier alpha value is -1.75. The quantitative estimate of drug-likeness (QED) is 0.480. The van der Waals surface area contributed by atoms with Crippen LogP contribution in [0.1, 0.15) is 10.4 Å². The zero-order chi connectivity index (χ0) is 13.3. The molecule has 18 heavy (non-hydrogen) atoms. The largest absolute Gasteiger partial charge is 0.301 e. The van der Waals surface area contributed by atoms with Crippen LogP contribution in [0.25, 0.3) is 0 Å². The number of hydrogen-bond donors (Lipinski definition) is 0. The van der Waals surface area contributed by atoms with Gasteiger partial charge in [-0.2, -0.15) is 0 Å². The lowest BCUT2D eigenvalue weighted by atomic mass is 10.1. The smallest absolute Gasteiger partial charge is 0.299 e. The highest BCUT2D eigenvalue weighted by atomic mass is 35.5. The molecule has 2 rings (SSSR count). The van der Waals surface area contributed by atoms with Crippen molar-refractivity contribution in [2.45, 2.75) is 0 Å². The van der Waals surface area contributed by atoms with Crippen LogP contribution in [0.5, 0.6) is 0 Å². The number of amides is 1. The van der Waals surface area contributed by atoms with Crippen LogP contribution in [0.2, 0.25) is 0 Å². The van der Waals surface area contributed by atoms with Gasteiger partial charge in [0, 0.05) is 18.5 Å². The van der Waals surface area contributed by atoms with Gasteiger partial charge in [-0.25, -0.2) is 8.78 Å². The Morgan fingerprint density at radius 3 is 2.50 bits per heavy atom. The summed E-state index contributed by atoms with van der Waals surface area (Å²) in [6.45, 7) is 0.0926. The normalized spacial score (nSPS) is 14.7. The third-order valence-electron chi connectivity index (χ3n) is 2.56. The van der Waals surface area contributed by atoms with E-state index in [9.17, 15) is 18.4 Å². The number of anilines is 1. The van der Waals surface area contributed by atoms with E-state index in [1.807, 2.05) is 0 Å². The first-order valence-electron chi connectivity index (χ1n) is 5.12. The molecule has 1 aliphatic heterocycles. The van der Waals surface area contributed by atoms with Crippen LogP contribution in [0.15, 0.2) is 24.3 Å². The van der Waals surface area contributed by atoms with E-state index in [0.717, 1.165) is 17.0 Å². The molecule has 0 bridgehead atoms. The van der Waals surface area contributed by atoms with Gasteiger partial charge in [0.25, 0.3) is 11.7 Å². The third-order valence-corrected chi connectivity index (χ3v) is 2.74. The SMILES string of the molecule is O=C1C(=O)N(C/C=C/CCl)c2cc(F)c(F)cc21. The van der Waals surface area contributed by atoms with Gasteiger partial charge in [-0.05, 0) is 6.07 Å². The Morgan fingerprint density at radius 1 is 1.17 bits per heavy atom. The summed E-state index contributed by atoms with van der Waals surface area (Å²) in [5, 5.41) is 0. The van der Waals surface area contributed by atoms with Gasteiger partial charge in [0.1, 0.15) is 0 Å². The molecule has 0 spiro atoms. The average Bonchev–Trinajstić information content (AvgIpc) is 2.56. The summed E-state index contributed by atoms with van der Waals surface area (Å²) < 4.78 is 26.1. The fraction of sp³-hybridized carbons (Fsp3) is 0.167. The van der Waals surface area contributed by atoms with Crippen LogP contribution in [-0.4, -0.2) is 24.1 Å². The number of carbonyl (C=O) groups excluding carboxylic acids is 2. The van der Waals surface area contributed by atoms with E-state index in [1.54, 1.807) is 12.2 Å². The zero-order valence-corrected chi connectivity index (χ0v) is 9.88. The molecular weight excluding hydrogens is 264 g/mol. The van der Waals surface area contributed by atoms with Crippen LogP contribution >= 0.6 is 11.6 Å². The first-order chi connectivity index (χ1) is 8.56. The lowest BCUT2D eigenvalue weighted by Gasteiger charge is -2.13. The number of carbonyl (C=O) groups is 2. The Balaban J connectivity index is 2.41. The first kappa shape index (κ1) is 12.7. The molecule has 0 saturated heterocycles. The van der Waals surface area contributed by atoms with Crippen LogP contribution in [0.3, 0.4) is 0 Å². The predicted molar refractivity (Wildman–Crippen MR) is 62.9 cm³/mol. The van der Waals surface area contributed by atoms with Crippen molar-refractivity contribution in [1.82, 2.24) is 0 Å². The number of benzene rings is 1. The van der Waals surface area contributed by atoms with Crippen molar-refractivity contribution < 1.29 is 18.4 Å².